The van der Waals surface area contributed by atoms with Gasteiger partial charge in [0.1, 0.15) is 0 Å². The first kappa shape index (κ1) is 101. The number of fused-ring (bicyclic) bond motifs is 1. The van der Waals surface area contributed by atoms with Crippen LogP contribution in [0.15, 0.2) is 217 Å². The first-order chi connectivity index (χ1) is 54.9. The molecule has 0 spiro atoms. The Labute approximate surface area is 767 Å². The van der Waals surface area contributed by atoms with Crippen LogP contribution in [0.4, 0.5) is 0 Å². The fourth-order valence-electron chi connectivity index (χ4n) is 9.94. The molecule has 12 heterocycles. The number of hydroxylamine groups is 2. The molecule has 600 valence electrons. The first-order valence-electron chi connectivity index (χ1n) is 37.7. The Hall–Kier alpha value is -2.83. The third kappa shape index (κ3) is 46.0. The topological polar surface area (TPSA) is 193 Å². The van der Waals surface area contributed by atoms with Crippen molar-refractivity contribution in [2.75, 3.05) is 13.1 Å². The predicted molar refractivity (Wildman–Crippen MR) is 469 cm³/mol. The number of rotatable bonds is 27. The van der Waals surface area contributed by atoms with E-state index < -0.39 is 17.8 Å². The van der Waals surface area contributed by atoms with E-state index >= 15 is 0 Å². The van der Waals surface area contributed by atoms with Crippen molar-refractivity contribution in [3.05, 3.63) is 269 Å². The van der Waals surface area contributed by atoms with Gasteiger partial charge in [0.25, 0.3) is 0 Å². The summed E-state index contributed by atoms with van der Waals surface area (Å²) in [5.74, 6) is -0.857. The Balaban J connectivity index is 0.000000229. The number of hydrogen-bond donors (Lipinski definition) is 2. The molecule has 2 aliphatic rings. The normalized spacial score (nSPS) is 11.2. The summed E-state index contributed by atoms with van der Waals surface area (Å²) in [7, 11) is 0. The number of carbonyl (C=O) groups excluding carboxylic acids is 9. The molecule has 1 fully saturated rings. The summed E-state index contributed by atoms with van der Waals surface area (Å²) in [5.41, 5.74) is 2.23. The van der Waals surface area contributed by atoms with Crippen molar-refractivity contribution in [1.29, 1.82) is 0 Å². The molecule has 14 nitrogen and oxygen atoms in total. The molecule has 24 heteroatoms. The second-order valence-electron chi connectivity index (χ2n) is 25.0. The number of nitrogens with zero attached hydrogens (tertiary/aromatic N) is 2. The van der Waals surface area contributed by atoms with Crippen LogP contribution in [0.3, 0.4) is 0 Å². The maximum absolute atomic E-state index is 12.1. The van der Waals surface area contributed by atoms with Crippen molar-refractivity contribution >= 4 is 257 Å². The minimum atomic E-state index is -0.520. The van der Waals surface area contributed by atoms with Gasteiger partial charge in [-0.1, -0.05) is 0 Å². The third-order valence-electron chi connectivity index (χ3n) is 15.8. The Kier molecular flexibility index (Phi) is 56.3. The minimum absolute atomic E-state index is 0.0128. The molecule has 0 unspecified atom stereocenters. The van der Waals surface area contributed by atoms with Gasteiger partial charge in [-0.05, 0) is 0 Å². The molecule has 0 saturated carbocycles. The van der Waals surface area contributed by atoms with Crippen molar-refractivity contribution in [3.63, 3.8) is 0 Å². The second kappa shape index (κ2) is 63.2. The molecule has 0 atom stereocenters. The van der Waals surface area contributed by atoms with Gasteiger partial charge in [0.05, 0.1) is 0 Å². The van der Waals surface area contributed by atoms with Crippen LogP contribution in [0.1, 0.15) is 162 Å². The Morgan fingerprint density at radius 3 is 0.991 bits per heavy atom. The van der Waals surface area contributed by atoms with Crippen LogP contribution in [0.25, 0.3) is 0 Å². The van der Waals surface area contributed by atoms with E-state index in [1.165, 1.54) is 64.9 Å². The Bertz CT molecular complexity index is 4270. The molecule has 113 heavy (non-hydrogen) atoms. The van der Waals surface area contributed by atoms with Gasteiger partial charge in [0.15, 0.2) is 0 Å². The number of ketones is 2. The van der Waals surface area contributed by atoms with Gasteiger partial charge >= 0.3 is 779 Å². The molecule has 1 saturated heterocycles. The van der Waals surface area contributed by atoms with Crippen LogP contribution in [0.5, 0.6) is 0 Å². The van der Waals surface area contributed by atoms with Gasteiger partial charge in [-0.2, -0.15) is 0 Å². The van der Waals surface area contributed by atoms with E-state index in [0.717, 1.165) is 57.1 Å². The predicted octanol–water partition coefficient (Wildman–Crippen LogP) is 12.8. The fraction of sp³-hybridized carbons (Fsp3) is 0.315. The number of aryl methyl sites for hydroxylation is 8. The summed E-state index contributed by atoms with van der Waals surface area (Å²) in [4.78, 5) is 107. The number of amides is 6. The van der Waals surface area contributed by atoms with E-state index in [1.807, 2.05) is 42.5 Å². The monoisotopic (exact) mass is 2690 g/mol. The molecule has 0 aliphatic carbocycles. The summed E-state index contributed by atoms with van der Waals surface area (Å²) in [6.07, 6.45) is 15.9. The summed E-state index contributed by atoms with van der Waals surface area (Å²) in [6, 6.07) is 60.2. The zero-order valence-electron chi connectivity index (χ0n) is 65.4. The Morgan fingerprint density at radius 1 is 0.354 bits per heavy atom. The summed E-state index contributed by atoms with van der Waals surface area (Å²) in [6.45, 7) is 15.7. The molecule has 0 radical (unpaired) electrons. The molecule has 14 rings (SSSR count). The summed E-state index contributed by atoms with van der Waals surface area (Å²) < 4.78 is 38.2. The van der Waals surface area contributed by atoms with Gasteiger partial charge < -0.3 is 0 Å². The number of nitrogens with one attached hydrogen (secondary N) is 2. The maximum atomic E-state index is 12.1. The average Bonchev–Trinajstić information content (AvgIpc) is 1.64. The average molecular weight is 2670 g/mol. The second-order valence-corrected chi connectivity index (χ2v) is 54.5. The van der Waals surface area contributed by atoms with E-state index in [0.29, 0.717) is 53.7 Å². The van der Waals surface area contributed by atoms with Gasteiger partial charge in [-0.25, -0.2) is 0 Å². The summed E-state index contributed by atoms with van der Waals surface area (Å²) >= 11 is 0.360. The number of imide groups is 2. The molecule has 2 aliphatic heterocycles. The number of hydrogen-bond acceptors (Lipinski definition) is 10. The fourth-order valence-corrected chi connectivity index (χ4v) is 30.4. The van der Waals surface area contributed by atoms with Crippen molar-refractivity contribution < 1.29 is 48.0 Å². The molecule has 2 aromatic carbocycles. The SMILES string of the molecule is CC(=O)CCc1ccc[te]1.CC(=O)CCc1ccc[te]1.CC(=O)NCCc1ccc[te]1.CCCc1ccc[te]1.CCCc1ccc[te]1.CCc1ccc[te]1.CCc1ccc[te]1.O=C(CCc1ccc[te]1)NCc1ccccc1.O=C(CCc1ccc[te]1)ON1C(=O)CCC1=O.O=C1c2ccccc2C(=O)N1CCc1ccc[te]1. The third-order valence-corrected chi connectivity index (χ3v) is 43.1. The van der Waals surface area contributed by atoms with E-state index in [2.05, 4.69) is 188 Å². The van der Waals surface area contributed by atoms with Crippen molar-refractivity contribution in [1.82, 2.24) is 20.6 Å². The van der Waals surface area contributed by atoms with Gasteiger partial charge in [0.2, 0.25) is 0 Å². The van der Waals surface area contributed by atoms with Crippen molar-refractivity contribution in [3.8, 4) is 0 Å². The standard InChI is InChI=1S/C14H11NO2Te.C14H15NOTe.C11H11NO4Te.C8H11NOTe.2C8H10OTe.2C7H10Te.2C6H8Te/c16-13-11-5-1-2-6-12(11)14(17)15(13)8-7-10-4-3-9-18-10;16-14(9-8-13-7-4-10-17-13)15-11-12-5-2-1-3-6-12;13-9-4-5-10(14)12(9)16-11(15)6-3-8-2-1-7-17-8;1-7(10)9-5-4-8-3-2-6-11-8;2*1-7(9)4-5-8-3-2-6-10-8;2*1-2-4-7-5-3-6-8-7;2*1-2-6-4-3-5-7-6/h1-6,9H,7-8H2;1-7,10H,8-9,11H2,(H,15,16);1-2,7H,3-6H2;2-3,6H,4-5H2,1H3,(H,9,10);2*2-3,6H,4-5H2,1H3;2*3,5-6H,2,4H2,1H3;2*3-5H,2H2,1H3. The van der Waals surface area contributed by atoms with E-state index in [-0.39, 0.29) is 247 Å². The van der Waals surface area contributed by atoms with Gasteiger partial charge in [-0.15, -0.1) is 0 Å². The van der Waals surface area contributed by atoms with E-state index in [4.69, 9.17) is 4.84 Å². The molecule has 12 aromatic rings. The number of benzene rings is 2. The molecule has 10 aromatic heterocycles. The van der Waals surface area contributed by atoms with E-state index in [1.54, 1.807) is 59.4 Å². The van der Waals surface area contributed by atoms with Crippen molar-refractivity contribution in [2.24, 2.45) is 0 Å². The zero-order chi connectivity index (χ0) is 81.5. The quantitative estimate of drug-likeness (QED) is 0.0370. The van der Waals surface area contributed by atoms with Crippen LogP contribution in [0, 0.1) is 0 Å². The Morgan fingerprint density at radius 2 is 0.673 bits per heavy atom. The van der Waals surface area contributed by atoms with Gasteiger partial charge in [-0.3, -0.25) is 0 Å². The molecular weight excluding hydrogens is 2560 g/mol. The number of carbonyl (C=O) groups is 9. The van der Waals surface area contributed by atoms with Crippen LogP contribution >= 0.6 is 0 Å². The van der Waals surface area contributed by atoms with Crippen LogP contribution < -0.4 is 10.6 Å². The molecule has 0 bridgehead atoms. The zero-order valence-corrected chi connectivity index (χ0v) is 88.7. The summed E-state index contributed by atoms with van der Waals surface area (Å²) in [5, 5.41) is 6.33. The van der Waals surface area contributed by atoms with E-state index in [9.17, 15) is 43.2 Å². The first-order valence-corrected chi connectivity index (χ1v) is 62.8. The molecule has 2 N–H and O–H groups in total. The van der Waals surface area contributed by atoms with Crippen LogP contribution in [-0.2, 0) is 109 Å². The van der Waals surface area contributed by atoms with Crippen molar-refractivity contribution in [2.45, 2.75) is 171 Å². The van der Waals surface area contributed by atoms with Crippen LogP contribution in [0.2, 0.25) is 0 Å². The van der Waals surface area contributed by atoms with Gasteiger partial charge in [0, 0.05) is 0 Å². The number of Topliss-reactive ketones (excluding diaryl/α,β-unsaturated/α-hetero) is 2. The molecule has 6 amide bonds. The molecular formula is C89H104N4O10Te10. The van der Waals surface area contributed by atoms with Crippen LogP contribution in [-0.4, -0.2) is 280 Å².